The Bertz CT molecular complexity index is 1090. The van der Waals surface area contributed by atoms with Gasteiger partial charge in [-0.3, -0.25) is 0 Å². The first-order chi connectivity index (χ1) is 15.1. The first-order valence-corrected chi connectivity index (χ1v) is 11.4. The van der Waals surface area contributed by atoms with E-state index in [0.717, 1.165) is 33.8 Å². The zero-order valence-electron chi connectivity index (χ0n) is 17.9. The molecule has 4 rings (SSSR count). The highest BCUT2D eigenvalue weighted by Crippen LogP contribution is 2.44. The Hall–Kier alpha value is -2.77. The van der Waals surface area contributed by atoms with Crippen molar-refractivity contribution in [3.8, 4) is 11.5 Å². The minimum absolute atomic E-state index is 0. The van der Waals surface area contributed by atoms with E-state index in [4.69, 9.17) is 9.84 Å². The van der Waals surface area contributed by atoms with Crippen molar-refractivity contribution in [1.29, 1.82) is 0 Å². The van der Waals surface area contributed by atoms with Crippen LogP contribution in [0.4, 0.5) is 0 Å². The lowest BCUT2D eigenvalue weighted by molar-refractivity contribution is 0.0535. The summed E-state index contributed by atoms with van der Waals surface area (Å²) in [6.45, 7) is 1.89. The van der Waals surface area contributed by atoms with Gasteiger partial charge in [0.15, 0.2) is 0 Å². The topological polar surface area (TPSA) is 101 Å². The van der Waals surface area contributed by atoms with Gasteiger partial charge in [0.1, 0.15) is 24.2 Å². The maximum atomic E-state index is 9.82. The van der Waals surface area contributed by atoms with Crippen LogP contribution in [0.5, 0.6) is 11.5 Å². The molecule has 168 valence electrons. The molecule has 1 heterocycles. The van der Waals surface area contributed by atoms with Gasteiger partial charge in [-0.15, -0.1) is 11.8 Å². The summed E-state index contributed by atoms with van der Waals surface area (Å²) < 4.78 is 5.70. The van der Waals surface area contributed by atoms with Crippen LogP contribution < -0.4 is 4.74 Å². The molecule has 0 radical (unpaired) electrons. The van der Waals surface area contributed by atoms with Gasteiger partial charge in [-0.25, -0.2) is 0 Å². The maximum absolute atomic E-state index is 9.82. The number of allylic oxidation sites excluding steroid dienone is 1. The van der Waals surface area contributed by atoms with Crippen molar-refractivity contribution < 1.29 is 25.5 Å². The second kappa shape index (κ2) is 10.7. The highest BCUT2D eigenvalue weighted by molar-refractivity contribution is 7.98. The van der Waals surface area contributed by atoms with Crippen molar-refractivity contribution in [2.75, 3.05) is 13.2 Å². The van der Waals surface area contributed by atoms with E-state index in [9.17, 15) is 10.2 Å². The fourth-order valence-electron chi connectivity index (χ4n) is 3.88. The van der Waals surface area contributed by atoms with Gasteiger partial charge < -0.3 is 25.5 Å². The van der Waals surface area contributed by atoms with E-state index in [0.29, 0.717) is 5.75 Å². The summed E-state index contributed by atoms with van der Waals surface area (Å²) in [6, 6.07) is 21.9. The molecule has 5 N–H and O–H groups in total. The number of benzene rings is 3. The molecule has 0 spiro atoms. The van der Waals surface area contributed by atoms with E-state index in [1.165, 1.54) is 16.7 Å². The van der Waals surface area contributed by atoms with Crippen LogP contribution in [0.2, 0.25) is 0 Å². The number of phenols is 1. The van der Waals surface area contributed by atoms with Crippen molar-refractivity contribution in [2.45, 2.75) is 30.1 Å². The number of ether oxygens (including phenoxy) is 1. The largest absolute Gasteiger partial charge is 0.508 e. The van der Waals surface area contributed by atoms with E-state index >= 15 is 0 Å². The zero-order valence-corrected chi connectivity index (χ0v) is 18.7. The van der Waals surface area contributed by atoms with Crippen LogP contribution in [0.15, 0.2) is 71.6 Å². The molecule has 0 saturated heterocycles. The van der Waals surface area contributed by atoms with E-state index in [1.54, 1.807) is 23.9 Å². The molecule has 1 atom stereocenters. The lowest BCUT2D eigenvalue weighted by Gasteiger charge is -2.24. The van der Waals surface area contributed by atoms with Crippen molar-refractivity contribution in [2.24, 2.45) is 0 Å². The van der Waals surface area contributed by atoms with Gasteiger partial charge in [-0.2, -0.15) is 0 Å². The van der Waals surface area contributed by atoms with Crippen molar-refractivity contribution in [3.05, 3.63) is 89.0 Å². The fraction of sp³-hybridized carbons (Fsp3) is 0.231. The number of aliphatic hydroxyl groups is 2. The molecular formula is C26H28O5S. The number of hydrogen-bond acceptors (Lipinski definition) is 5. The molecule has 0 amide bonds. The Morgan fingerprint density at radius 1 is 1.00 bits per heavy atom. The first kappa shape index (κ1) is 23.9. The van der Waals surface area contributed by atoms with Gasteiger partial charge in [0.25, 0.3) is 0 Å². The number of hydrogen-bond donors (Lipinski definition) is 3. The summed E-state index contributed by atoms with van der Waals surface area (Å²) in [7, 11) is 0. The van der Waals surface area contributed by atoms with Gasteiger partial charge >= 0.3 is 0 Å². The van der Waals surface area contributed by atoms with Crippen molar-refractivity contribution in [1.82, 2.24) is 0 Å². The average Bonchev–Trinajstić information content (AvgIpc) is 2.80. The zero-order chi connectivity index (χ0) is 21.8. The Morgan fingerprint density at radius 2 is 1.75 bits per heavy atom. The Labute approximate surface area is 192 Å². The van der Waals surface area contributed by atoms with E-state index < -0.39 is 6.10 Å². The Kier molecular flexibility index (Phi) is 7.99. The molecule has 0 aromatic heterocycles. The summed E-state index contributed by atoms with van der Waals surface area (Å²) >= 11 is 1.76. The van der Waals surface area contributed by atoms with Crippen LogP contribution in [-0.2, 0) is 5.75 Å². The SMILES string of the molecule is CC/C1=C(\c2ccc(O)cc2)c2ccc(OCC(O)CO)cc2SCc2ccccc21.O. The number of aliphatic hydroxyl groups excluding tert-OH is 2. The highest BCUT2D eigenvalue weighted by Gasteiger charge is 2.21. The van der Waals surface area contributed by atoms with Crippen LogP contribution in [0.25, 0.3) is 11.1 Å². The van der Waals surface area contributed by atoms with Gasteiger partial charge in [0.2, 0.25) is 0 Å². The standard InChI is InChI=1S/C26H26O4S.H2O/c1-2-22-23-6-4-3-5-18(23)16-31-25-13-21(30-15-20(29)14-27)11-12-24(25)26(22)17-7-9-19(28)10-8-17;/h3-13,20,27-29H,2,14-16H2,1H3;1H2/b26-22-;. The van der Waals surface area contributed by atoms with E-state index in [1.807, 2.05) is 24.3 Å². The molecule has 0 saturated carbocycles. The highest BCUT2D eigenvalue weighted by atomic mass is 32.2. The normalized spacial score (nSPS) is 16.1. The second-order valence-electron chi connectivity index (χ2n) is 7.51. The molecule has 3 aromatic carbocycles. The minimum Gasteiger partial charge on any atom is -0.508 e. The molecule has 1 aliphatic heterocycles. The maximum Gasteiger partial charge on any atom is 0.120 e. The van der Waals surface area contributed by atoms with Gasteiger partial charge in [-0.1, -0.05) is 43.3 Å². The third-order valence-corrected chi connectivity index (χ3v) is 6.52. The molecule has 0 bridgehead atoms. The van der Waals surface area contributed by atoms with Crippen LogP contribution in [0.3, 0.4) is 0 Å². The fourth-order valence-corrected chi connectivity index (χ4v) is 4.97. The average molecular weight is 453 g/mol. The quantitative estimate of drug-likeness (QED) is 0.518. The number of aromatic hydroxyl groups is 1. The molecule has 0 fully saturated rings. The summed E-state index contributed by atoms with van der Waals surface area (Å²) in [5.74, 6) is 1.75. The third kappa shape index (κ3) is 5.00. The second-order valence-corrected chi connectivity index (χ2v) is 8.52. The minimum atomic E-state index is -0.902. The molecular weight excluding hydrogens is 424 g/mol. The number of phenolic OH excluding ortho intramolecular Hbond substituents is 1. The molecule has 32 heavy (non-hydrogen) atoms. The van der Waals surface area contributed by atoms with Crippen LogP contribution >= 0.6 is 11.8 Å². The summed E-state index contributed by atoms with van der Waals surface area (Å²) in [6.07, 6.45) is -0.0289. The predicted octanol–water partition coefficient (Wildman–Crippen LogP) is 4.27. The predicted molar refractivity (Wildman–Crippen MR) is 129 cm³/mol. The lowest BCUT2D eigenvalue weighted by atomic mass is 9.86. The number of rotatable bonds is 6. The third-order valence-electron chi connectivity index (χ3n) is 5.41. The summed E-state index contributed by atoms with van der Waals surface area (Å²) in [5, 5.41) is 28.5. The van der Waals surface area contributed by atoms with Gasteiger partial charge in [-0.05, 0) is 70.2 Å². The molecule has 1 unspecified atom stereocenters. The van der Waals surface area contributed by atoms with E-state index in [-0.39, 0.29) is 24.4 Å². The van der Waals surface area contributed by atoms with Crippen molar-refractivity contribution >= 4 is 22.9 Å². The Balaban J connectivity index is 0.00000289. The van der Waals surface area contributed by atoms with E-state index in [2.05, 4.69) is 37.3 Å². The van der Waals surface area contributed by atoms with Crippen LogP contribution in [0, 0.1) is 0 Å². The van der Waals surface area contributed by atoms with Crippen LogP contribution in [-0.4, -0.2) is 40.1 Å². The van der Waals surface area contributed by atoms with Crippen LogP contribution in [0.1, 0.15) is 35.6 Å². The smallest absolute Gasteiger partial charge is 0.120 e. The molecule has 3 aromatic rings. The Morgan fingerprint density at radius 3 is 2.47 bits per heavy atom. The number of thioether (sulfide) groups is 1. The monoisotopic (exact) mass is 452 g/mol. The van der Waals surface area contributed by atoms with Gasteiger partial charge in [0.05, 0.1) is 6.61 Å². The first-order valence-electron chi connectivity index (χ1n) is 10.4. The summed E-state index contributed by atoms with van der Waals surface area (Å²) in [4.78, 5) is 1.10. The molecule has 5 nitrogen and oxygen atoms in total. The molecule has 6 heteroatoms. The molecule has 1 aliphatic rings. The molecule has 0 aliphatic carbocycles. The lowest BCUT2D eigenvalue weighted by Crippen LogP contribution is -2.21. The number of fused-ring (bicyclic) bond motifs is 2. The van der Waals surface area contributed by atoms with Crippen molar-refractivity contribution in [3.63, 3.8) is 0 Å². The summed E-state index contributed by atoms with van der Waals surface area (Å²) in [5.41, 5.74) is 7.15. The van der Waals surface area contributed by atoms with Gasteiger partial charge in [0, 0.05) is 10.6 Å².